The zero-order valence-electron chi connectivity index (χ0n) is 20.3. The Morgan fingerprint density at radius 3 is 2.31 bits per heavy atom. The quantitative estimate of drug-likeness (QED) is 0.259. The fraction of sp³-hybridized carbons (Fsp3) is 0.250. The summed E-state index contributed by atoms with van der Waals surface area (Å²) in [5.74, 6) is -0.631. The number of thiophene rings is 1. The molecule has 0 aliphatic heterocycles. The van der Waals surface area contributed by atoms with Crippen LogP contribution in [0.1, 0.15) is 24.3 Å². The van der Waals surface area contributed by atoms with E-state index in [1.54, 1.807) is 35.2 Å². The molecule has 0 aliphatic carbocycles. The zero-order chi connectivity index (χ0) is 25.7. The van der Waals surface area contributed by atoms with E-state index >= 15 is 0 Å². The molecule has 0 saturated carbocycles. The highest BCUT2D eigenvalue weighted by Gasteiger charge is 2.29. The topological polar surface area (TPSA) is 57.7 Å². The van der Waals surface area contributed by atoms with Gasteiger partial charge in [-0.2, -0.15) is 4.31 Å². The van der Waals surface area contributed by atoms with Crippen LogP contribution < -0.4 is 0 Å². The molecule has 3 aromatic carbocycles. The first kappa shape index (κ1) is 26.0. The number of carbonyl (C=O) groups is 1. The molecule has 4 rings (SSSR count). The molecule has 8 heteroatoms. The van der Waals surface area contributed by atoms with Crippen molar-refractivity contribution in [1.82, 2.24) is 9.21 Å². The second-order valence-corrected chi connectivity index (χ2v) is 12.1. The molecule has 188 valence electrons. The predicted octanol–water partition coefficient (Wildman–Crippen LogP) is 5.92. The maximum atomic E-state index is 13.7. The lowest BCUT2D eigenvalue weighted by Gasteiger charge is -2.28. The highest BCUT2D eigenvalue weighted by atomic mass is 32.2. The molecule has 36 heavy (non-hydrogen) atoms. The van der Waals surface area contributed by atoms with Crippen LogP contribution in [-0.2, 0) is 27.9 Å². The van der Waals surface area contributed by atoms with Gasteiger partial charge in [-0.05, 0) is 58.0 Å². The van der Waals surface area contributed by atoms with Gasteiger partial charge in [-0.15, -0.1) is 11.3 Å². The summed E-state index contributed by atoms with van der Waals surface area (Å²) in [7, 11) is -3.92. The maximum absolute atomic E-state index is 13.7. The van der Waals surface area contributed by atoms with Crippen LogP contribution in [-0.4, -0.2) is 36.6 Å². The van der Waals surface area contributed by atoms with E-state index in [1.807, 2.05) is 55.6 Å². The Labute approximate surface area is 215 Å². The zero-order valence-corrected chi connectivity index (χ0v) is 21.9. The average molecular weight is 525 g/mol. The SMILES string of the molecule is CC(C)CN(CC(=O)N(Cc1ccc(F)cc1)Cc1cccs1)S(=O)(=O)c1ccc2ccccc2c1. The maximum Gasteiger partial charge on any atom is 0.243 e. The van der Waals surface area contributed by atoms with Gasteiger partial charge in [0.2, 0.25) is 15.9 Å². The van der Waals surface area contributed by atoms with Gasteiger partial charge in [0.15, 0.2) is 0 Å². The molecule has 0 aliphatic rings. The molecule has 0 spiro atoms. The minimum atomic E-state index is -3.92. The smallest absolute Gasteiger partial charge is 0.243 e. The van der Waals surface area contributed by atoms with Crippen molar-refractivity contribution in [3.05, 3.63) is 101 Å². The molecule has 4 aromatic rings. The molecule has 0 fully saturated rings. The third-order valence-corrected chi connectivity index (χ3v) is 8.47. The number of fused-ring (bicyclic) bond motifs is 1. The molecular formula is C28H29FN2O3S2. The van der Waals surface area contributed by atoms with E-state index in [0.717, 1.165) is 21.2 Å². The number of carbonyl (C=O) groups excluding carboxylic acids is 1. The average Bonchev–Trinajstić information content (AvgIpc) is 3.37. The van der Waals surface area contributed by atoms with Gasteiger partial charge < -0.3 is 4.90 Å². The van der Waals surface area contributed by atoms with Gasteiger partial charge in [-0.1, -0.05) is 62.4 Å². The van der Waals surface area contributed by atoms with Gasteiger partial charge >= 0.3 is 0 Å². The van der Waals surface area contributed by atoms with Gasteiger partial charge in [0.25, 0.3) is 0 Å². The molecule has 0 atom stereocenters. The summed E-state index contributed by atoms with van der Waals surface area (Å²) in [6, 6.07) is 22.5. The number of amides is 1. The molecule has 5 nitrogen and oxygen atoms in total. The van der Waals surface area contributed by atoms with Crippen molar-refractivity contribution < 1.29 is 17.6 Å². The molecule has 0 bridgehead atoms. The lowest BCUT2D eigenvalue weighted by Crippen LogP contribution is -2.43. The van der Waals surface area contributed by atoms with Gasteiger partial charge in [0.1, 0.15) is 5.82 Å². The van der Waals surface area contributed by atoms with E-state index in [1.165, 1.54) is 27.8 Å². The summed E-state index contributed by atoms with van der Waals surface area (Å²) in [4.78, 5) is 16.4. The highest BCUT2D eigenvalue weighted by molar-refractivity contribution is 7.89. The standard InChI is InChI=1S/C28H29FN2O3S2/c1-21(2)17-31(36(33,34)27-14-11-23-6-3-4-7-24(23)16-27)20-28(32)30(19-26-8-5-15-35-26)18-22-9-12-25(29)13-10-22/h3-16,21H,17-20H2,1-2H3. The number of rotatable bonds is 10. The summed E-state index contributed by atoms with van der Waals surface area (Å²) >= 11 is 1.53. The lowest BCUT2D eigenvalue weighted by molar-refractivity contribution is -0.132. The molecule has 1 amide bonds. The summed E-state index contributed by atoms with van der Waals surface area (Å²) in [6.45, 7) is 4.39. The predicted molar refractivity (Wildman–Crippen MR) is 143 cm³/mol. The van der Waals surface area contributed by atoms with Crippen molar-refractivity contribution in [2.75, 3.05) is 13.1 Å². The van der Waals surface area contributed by atoms with Gasteiger partial charge in [0.05, 0.1) is 18.0 Å². The van der Waals surface area contributed by atoms with E-state index in [4.69, 9.17) is 0 Å². The van der Waals surface area contributed by atoms with E-state index in [0.29, 0.717) is 6.54 Å². The second-order valence-electron chi connectivity index (χ2n) is 9.16. The van der Waals surface area contributed by atoms with Gasteiger partial charge in [-0.25, -0.2) is 12.8 Å². The first-order valence-electron chi connectivity index (χ1n) is 11.8. The van der Waals surface area contributed by atoms with E-state index in [2.05, 4.69) is 0 Å². The summed E-state index contributed by atoms with van der Waals surface area (Å²) in [6.07, 6.45) is 0. The van der Waals surface area contributed by atoms with Crippen LogP contribution in [0.4, 0.5) is 4.39 Å². The van der Waals surface area contributed by atoms with Crippen LogP contribution in [0.25, 0.3) is 10.8 Å². The Kier molecular flexibility index (Phi) is 8.18. The minimum Gasteiger partial charge on any atom is -0.332 e. The lowest BCUT2D eigenvalue weighted by atomic mass is 10.1. The third-order valence-electron chi connectivity index (χ3n) is 5.81. The number of hydrogen-bond acceptors (Lipinski definition) is 4. The summed E-state index contributed by atoms with van der Waals surface area (Å²) < 4.78 is 42.1. The van der Waals surface area contributed by atoms with Gasteiger partial charge in [-0.3, -0.25) is 4.79 Å². The molecule has 0 unspecified atom stereocenters. The Bertz CT molecular complexity index is 1420. The highest BCUT2D eigenvalue weighted by Crippen LogP contribution is 2.23. The van der Waals surface area contributed by atoms with Crippen LogP contribution in [0, 0.1) is 11.7 Å². The van der Waals surface area contributed by atoms with Crippen LogP contribution in [0.2, 0.25) is 0 Å². The number of halogens is 1. The second kappa shape index (κ2) is 11.3. The molecule has 0 radical (unpaired) electrons. The Balaban J connectivity index is 1.62. The van der Waals surface area contributed by atoms with Crippen molar-refractivity contribution in [3.8, 4) is 0 Å². The van der Waals surface area contributed by atoms with E-state index in [-0.39, 0.29) is 42.2 Å². The Morgan fingerprint density at radius 2 is 1.64 bits per heavy atom. The number of hydrogen-bond donors (Lipinski definition) is 0. The number of nitrogens with zero attached hydrogens (tertiary/aromatic N) is 2. The monoisotopic (exact) mass is 524 g/mol. The first-order chi connectivity index (χ1) is 17.2. The molecule has 1 aromatic heterocycles. The fourth-order valence-corrected chi connectivity index (χ4v) is 6.32. The Hall–Kier alpha value is -3.07. The largest absolute Gasteiger partial charge is 0.332 e. The number of sulfonamides is 1. The fourth-order valence-electron chi connectivity index (χ4n) is 4.02. The van der Waals surface area contributed by atoms with Crippen LogP contribution in [0.3, 0.4) is 0 Å². The van der Waals surface area contributed by atoms with Crippen molar-refractivity contribution in [2.45, 2.75) is 31.8 Å². The Morgan fingerprint density at radius 1 is 0.917 bits per heavy atom. The molecule has 0 N–H and O–H groups in total. The molecule has 1 heterocycles. The minimum absolute atomic E-state index is 0.0240. The molecule has 0 saturated heterocycles. The van der Waals surface area contributed by atoms with Crippen LogP contribution >= 0.6 is 11.3 Å². The van der Waals surface area contributed by atoms with Crippen LogP contribution in [0.15, 0.2) is 89.1 Å². The van der Waals surface area contributed by atoms with Crippen LogP contribution in [0.5, 0.6) is 0 Å². The van der Waals surface area contributed by atoms with Gasteiger partial charge in [0, 0.05) is 18.0 Å². The van der Waals surface area contributed by atoms with Crippen molar-refractivity contribution in [2.24, 2.45) is 5.92 Å². The van der Waals surface area contributed by atoms with Crippen molar-refractivity contribution in [1.29, 1.82) is 0 Å². The normalized spacial score (nSPS) is 11.9. The van der Waals surface area contributed by atoms with E-state index in [9.17, 15) is 17.6 Å². The van der Waals surface area contributed by atoms with E-state index < -0.39 is 10.0 Å². The van der Waals surface area contributed by atoms with Crippen molar-refractivity contribution >= 4 is 38.0 Å². The third kappa shape index (κ3) is 6.37. The summed E-state index contributed by atoms with van der Waals surface area (Å²) in [5, 5.41) is 3.71. The summed E-state index contributed by atoms with van der Waals surface area (Å²) in [5.41, 5.74) is 0.772. The number of benzene rings is 3. The first-order valence-corrected chi connectivity index (χ1v) is 14.1. The van der Waals surface area contributed by atoms with Crippen molar-refractivity contribution in [3.63, 3.8) is 0 Å². The molecular weight excluding hydrogens is 495 g/mol.